The van der Waals surface area contributed by atoms with Gasteiger partial charge in [-0.05, 0) is 50.3 Å². The average molecular weight is 299 g/mol. The Balaban J connectivity index is 1.82. The highest BCUT2D eigenvalue weighted by Crippen LogP contribution is 2.27. The molecule has 0 unspecified atom stereocenters. The summed E-state index contributed by atoms with van der Waals surface area (Å²) in [6, 6.07) is 8.62. The second-order valence-electron chi connectivity index (χ2n) is 6.38. The first kappa shape index (κ1) is 15.0. The van der Waals surface area contributed by atoms with E-state index in [1.54, 1.807) is 0 Å². The smallest absolute Gasteiger partial charge is 0.225 e. The van der Waals surface area contributed by atoms with E-state index in [9.17, 15) is 0 Å². The van der Waals surface area contributed by atoms with Gasteiger partial charge in [0.2, 0.25) is 5.95 Å². The van der Waals surface area contributed by atoms with Crippen molar-refractivity contribution in [2.24, 2.45) is 11.7 Å². The Labute approximate surface area is 131 Å². The molecule has 5 nitrogen and oxygen atoms in total. The molecule has 1 fully saturated rings. The third-order valence-corrected chi connectivity index (χ3v) is 4.52. The number of hydrogen-bond acceptors (Lipinski definition) is 5. The number of para-hydroxylation sites is 1. The van der Waals surface area contributed by atoms with Crippen LogP contribution in [0.25, 0.3) is 10.9 Å². The quantitative estimate of drug-likeness (QED) is 0.908. The van der Waals surface area contributed by atoms with Crippen molar-refractivity contribution in [3.05, 3.63) is 24.3 Å². The predicted octanol–water partition coefficient (Wildman–Crippen LogP) is 2.63. The topological polar surface area (TPSA) is 67.1 Å². The minimum Gasteiger partial charge on any atom is -0.362 e. The van der Waals surface area contributed by atoms with Gasteiger partial charge in [-0.1, -0.05) is 12.1 Å². The van der Waals surface area contributed by atoms with Crippen LogP contribution >= 0.6 is 0 Å². The van der Waals surface area contributed by atoms with Gasteiger partial charge in [0.15, 0.2) is 0 Å². The summed E-state index contributed by atoms with van der Waals surface area (Å²) in [5, 5.41) is 4.61. The molecule has 0 aliphatic heterocycles. The number of fused-ring (bicyclic) bond motifs is 1. The Bertz CT molecular complexity index is 632. The Kier molecular flexibility index (Phi) is 4.43. The zero-order chi connectivity index (χ0) is 15.5. The molecule has 0 radical (unpaired) electrons. The molecule has 0 bridgehead atoms. The number of anilines is 2. The summed E-state index contributed by atoms with van der Waals surface area (Å²) in [7, 11) is 4.04. The van der Waals surface area contributed by atoms with Gasteiger partial charge in [-0.2, -0.15) is 4.98 Å². The highest BCUT2D eigenvalue weighted by atomic mass is 15.2. The zero-order valence-electron chi connectivity index (χ0n) is 13.4. The maximum Gasteiger partial charge on any atom is 0.225 e. The molecule has 3 N–H and O–H groups in total. The van der Waals surface area contributed by atoms with Gasteiger partial charge < -0.3 is 16.0 Å². The summed E-state index contributed by atoms with van der Waals surface area (Å²) in [6.07, 6.45) is 4.69. The molecular weight excluding hydrogens is 274 g/mol. The highest BCUT2D eigenvalue weighted by molar-refractivity contribution is 5.90. The molecular formula is C17H25N5. The Morgan fingerprint density at radius 1 is 1.14 bits per heavy atom. The third kappa shape index (κ3) is 3.14. The lowest BCUT2D eigenvalue weighted by Gasteiger charge is -2.28. The number of benzene rings is 1. The van der Waals surface area contributed by atoms with Crippen molar-refractivity contribution in [2.45, 2.75) is 31.7 Å². The maximum absolute atomic E-state index is 5.77. The van der Waals surface area contributed by atoms with Gasteiger partial charge in [0.25, 0.3) is 0 Å². The van der Waals surface area contributed by atoms with Gasteiger partial charge in [-0.25, -0.2) is 4.98 Å². The Morgan fingerprint density at radius 2 is 1.86 bits per heavy atom. The first-order valence-electron chi connectivity index (χ1n) is 8.08. The summed E-state index contributed by atoms with van der Waals surface area (Å²) < 4.78 is 0. The standard InChI is InChI=1S/C17H25N5/c1-22(2)16-14-5-3-4-6-15(14)20-17(21-16)19-13-9-7-12(11-18)8-10-13/h3-6,12-13H,7-11,18H2,1-2H3,(H,19,20,21)/t12-,13+. The average Bonchev–Trinajstić information content (AvgIpc) is 2.54. The van der Waals surface area contributed by atoms with Crippen molar-refractivity contribution >= 4 is 22.7 Å². The minimum absolute atomic E-state index is 0.457. The van der Waals surface area contributed by atoms with Crippen molar-refractivity contribution in [3.63, 3.8) is 0 Å². The SMILES string of the molecule is CN(C)c1nc(N[C@H]2CC[C@@H](CN)CC2)nc2ccccc12. The van der Waals surface area contributed by atoms with Crippen LogP contribution in [0.5, 0.6) is 0 Å². The molecule has 0 spiro atoms. The number of nitrogens with two attached hydrogens (primary N) is 1. The van der Waals surface area contributed by atoms with Crippen molar-refractivity contribution < 1.29 is 0 Å². The molecule has 1 aliphatic rings. The monoisotopic (exact) mass is 299 g/mol. The molecule has 0 saturated heterocycles. The van der Waals surface area contributed by atoms with Crippen LogP contribution in [0, 0.1) is 5.92 Å². The molecule has 2 aromatic rings. The van der Waals surface area contributed by atoms with Gasteiger partial charge in [0.05, 0.1) is 5.52 Å². The van der Waals surface area contributed by atoms with Crippen LogP contribution in [0.4, 0.5) is 11.8 Å². The van der Waals surface area contributed by atoms with E-state index in [2.05, 4.69) is 16.4 Å². The fourth-order valence-electron chi connectivity index (χ4n) is 3.19. The van der Waals surface area contributed by atoms with E-state index in [0.717, 1.165) is 42.1 Å². The van der Waals surface area contributed by atoms with Crippen molar-refractivity contribution in [2.75, 3.05) is 30.9 Å². The molecule has 0 amide bonds. The Hall–Kier alpha value is -1.88. The fraction of sp³-hybridized carbons (Fsp3) is 0.529. The van der Waals surface area contributed by atoms with E-state index < -0.39 is 0 Å². The van der Waals surface area contributed by atoms with Crippen molar-refractivity contribution in [1.29, 1.82) is 0 Å². The van der Waals surface area contributed by atoms with Gasteiger partial charge in [0.1, 0.15) is 5.82 Å². The van der Waals surface area contributed by atoms with E-state index in [1.165, 1.54) is 12.8 Å². The summed E-state index contributed by atoms with van der Waals surface area (Å²) >= 11 is 0. The Morgan fingerprint density at radius 3 is 2.55 bits per heavy atom. The first-order chi connectivity index (χ1) is 10.7. The maximum atomic E-state index is 5.77. The molecule has 1 aliphatic carbocycles. The van der Waals surface area contributed by atoms with E-state index in [-0.39, 0.29) is 0 Å². The third-order valence-electron chi connectivity index (χ3n) is 4.52. The zero-order valence-corrected chi connectivity index (χ0v) is 13.4. The molecule has 1 aromatic carbocycles. The normalized spacial score (nSPS) is 21.8. The lowest BCUT2D eigenvalue weighted by molar-refractivity contribution is 0.344. The van der Waals surface area contributed by atoms with E-state index in [0.29, 0.717) is 12.0 Å². The molecule has 1 saturated carbocycles. The fourth-order valence-corrected chi connectivity index (χ4v) is 3.19. The molecule has 3 rings (SSSR count). The summed E-state index contributed by atoms with van der Waals surface area (Å²) in [5.74, 6) is 2.38. The number of nitrogens with one attached hydrogen (secondary N) is 1. The molecule has 22 heavy (non-hydrogen) atoms. The van der Waals surface area contributed by atoms with Gasteiger partial charge in [-0.3, -0.25) is 0 Å². The van der Waals surface area contributed by atoms with Crippen LogP contribution in [-0.4, -0.2) is 36.6 Å². The number of rotatable bonds is 4. The summed E-state index contributed by atoms with van der Waals surface area (Å²) in [4.78, 5) is 11.4. The number of nitrogens with zero attached hydrogens (tertiary/aromatic N) is 3. The summed E-state index contributed by atoms with van der Waals surface area (Å²) in [5.41, 5.74) is 6.75. The lowest BCUT2D eigenvalue weighted by atomic mass is 9.86. The molecule has 1 aromatic heterocycles. The number of hydrogen-bond donors (Lipinski definition) is 2. The first-order valence-corrected chi connectivity index (χ1v) is 8.08. The minimum atomic E-state index is 0.457. The second-order valence-corrected chi connectivity index (χ2v) is 6.38. The van der Waals surface area contributed by atoms with Gasteiger partial charge in [-0.15, -0.1) is 0 Å². The highest BCUT2D eigenvalue weighted by Gasteiger charge is 2.21. The van der Waals surface area contributed by atoms with E-state index in [4.69, 9.17) is 10.7 Å². The van der Waals surface area contributed by atoms with Crippen LogP contribution in [0.15, 0.2) is 24.3 Å². The van der Waals surface area contributed by atoms with Crippen LogP contribution in [0.1, 0.15) is 25.7 Å². The predicted molar refractivity (Wildman–Crippen MR) is 92.3 cm³/mol. The lowest BCUT2D eigenvalue weighted by Crippen LogP contribution is -2.30. The summed E-state index contributed by atoms with van der Waals surface area (Å²) in [6.45, 7) is 0.809. The molecule has 0 atom stereocenters. The largest absolute Gasteiger partial charge is 0.362 e. The molecule has 5 heteroatoms. The van der Waals surface area contributed by atoms with Crippen LogP contribution < -0.4 is 16.0 Å². The van der Waals surface area contributed by atoms with E-state index >= 15 is 0 Å². The molecule has 118 valence electrons. The number of aromatic nitrogens is 2. The van der Waals surface area contributed by atoms with Crippen LogP contribution in [0.3, 0.4) is 0 Å². The van der Waals surface area contributed by atoms with Crippen LogP contribution in [-0.2, 0) is 0 Å². The van der Waals surface area contributed by atoms with E-state index in [1.807, 2.05) is 37.2 Å². The molecule has 1 heterocycles. The van der Waals surface area contributed by atoms with Crippen molar-refractivity contribution in [1.82, 2.24) is 9.97 Å². The van der Waals surface area contributed by atoms with Gasteiger partial charge >= 0.3 is 0 Å². The van der Waals surface area contributed by atoms with Crippen molar-refractivity contribution in [3.8, 4) is 0 Å². The second kappa shape index (κ2) is 6.48. The van der Waals surface area contributed by atoms with Gasteiger partial charge in [0, 0.05) is 25.5 Å². The van der Waals surface area contributed by atoms with Crippen LogP contribution in [0.2, 0.25) is 0 Å².